The van der Waals surface area contributed by atoms with E-state index < -0.39 is 0 Å². The Kier molecular flexibility index (Phi) is 1.42. The normalized spacial score (nSPS) is 8.62. The molecule has 0 aromatic carbocycles. The maximum Gasteiger partial charge on any atom is 0.308 e. The number of aromatic nitrogens is 2. The molecule has 0 saturated heterocycles. The maximum atomic E-state index is 3.86. The summed E-state index contributed by atoms with van der Waals surface area (Å²) in [5.74, 6) is 0. The molecule has 0 bridgehead atoms. The first-order valence-corrected chi connectivity index (χ1v) is 2.42. The SMILES string of the molecule is CN[n+]1cccnc1. The first-order valence-electron chi connectivity index (χ1n) is 2.42. The second-order valence-corrected chi connectivity index (χ2v) is 1.39. The molecular weight excluding hydrogens is 102 g/mol. The van der Waals surface area contributed by atoms with Gasteiger partial charge in [0.1, 0.15) is 12.4 Å². The molecule has 1 aromatic heterocycles. The van der Waals surface area contributed by atoms with Gasteiger partial charge in [0.15, 0.2) is 0 Å². The van der Waals surface area contributed by atoms with Gasteiger partial charge in [-0.25, -0.2) is 0 Å². The molecule has 0 aliphatic rings. The third kappa shape index (κ3) is 0.932. The monoisotopic (exact) mass is 110 g/mol. The summed E-state index contributed by atoms with van der Waals surface area (Å²) in [7, 11) is 1.84. The van der Waals surface area contributed by atoms with Gasteiger partial charge in [-0.3, -0.25) is 5.43 Å². The molecule has 0 aliphatic heterocycles. The highest BCUT2D eigenvalue weighted by Gasteiger charge is 1.85. The van der Waals surface area contributed by atoms with E-state index in [1.54, 1.807) is 17.2 Å². The van der Waals surface area contributed by atoms with Crippen LogP contribution in [0.5, 0.6) is 0 Å². The van der Waals surface area contributed by atoms with Gasteiger partial charge in [-0.15, -0.1) is 4.68 Å². The zero-order valence-corrected chi connectivity index (χ0v) is 4.70. The average molecular weight is 110 g/mol. The molecule has 0 spiro atoms. The summed E-state index contributed by atoms with van der Waals surface area (Å²) >= 11 is 0. The van der Waals surface area contributed by atoms with Crippen LogP contribution >= 0.6 is 0 Å². The molecule has 0 saturated carbocycles. The Labute approximate surface area is 48.0 Å². The summed E-state index contributed by atoms with van der Waals surface area (Å²) in [5.41, 5.74) is 2.88. The largest absolute Gasteiger partial charge is 0.308 e. The lowest BCUT2D eigenvalue weighted by Gasteiger charge is -1.89. The van der Waals surface area contributed by atoms with Crippen molar-refractivity contribution in [1.82, 2.24) is 4.98 Å². The number of hydrogen-bond donors (Lipinski definition) is 1. The first kappa shape index (κ1) is 5.03. The second-order valence-electron chi connectivity index (χ2n) is 1.39. The van der Waals surface area contributed by atoms with Crippen molar-refractivity contribution in [2.75, 3.05) is 12.5 Å². The predicted octanol–water partition coefficient (Wildman–Crippen LogP) is -0.458. The van der Waals surface area contributed by atoms with E-state index in [4.69, 9.17) is 0 Å². The van der Waals surface area contributed by atoms with Crippen LogP contribution in [0, 0.1) is 0 Å². The Hall–Kier alpha value is -1.12. The fourth-order valence-corrected chi connectivity index (χ4v) is 0.462. The van der Waals surface area contributed by atoms with Gasteiger partial charge in [-0.1, -0.05) is 4.98 Å². The van der Waals surface area contributed by atoms with E-state index in [0.717, 1.165) is 0 Å². The van der Waals surface area contributed by atoms with E-state index in [1.165, 1.54) is 0 Å². The molecular formula is C5H8N3+. The third-order valence-corrected chi connectivity index (χ3v) is 0.868. The average Bonchev–Trinajstić information content (AvgIpc) is 1.90. The molecule has 0 unspecified atom stereocenters. The van der Waals surface area contributed by atoms with Crippen molar-refractivity contribution in [1.29, 1.82) is 0 Å². The zero-order chi connectivity index (χ0) is 5.82. The van der Waals surface area contributed by atoms with Crippen LogP contribution in [0.2, 0.25) is 0 Å². The van der Waals surface area contributed by atoms with E-state index >= 15 is 0 Å². The van der Waals surface area contributed by atoms with E-state index in [-0.39, 0.29) is 0 Å². The standard InChI is InChI=1S/C5H8N3/c1-6-8-4-2-3-7-5-8/h2-6H,1H3/q+1. The second kappa shape index (κ2) is 2.26. The van der Waals surface area contributed by atoms with Gasteiger partial charge in [0, 0.05) is 13.1 Å². The molecule has 3 heteroatoms. The lowest BCUT2D eigenvalue weighted by molar-refractivity contribution is -0.650. The van der Waals surface area contributed by atoms with Crippen molar-refractivity contribution in [2.24, 2.45) is 0 Å². The van der Waals surface area contributed by atoms with Crippen molar-refractivity contribution in [2.45, 2.75) is 0 Å². The summed E-state index contributed by atoms with van der Waals surface area (Å²) in [5, 5.41) is 0. The van der Waals surface area contributed by atoms with Crippen molar-refractivity contribution in [3.63, 3.8) is 0 Å². The molecule has 42 valence electrons. The van der Waals surface area contributed by atoms with Crippen LogP contribution in [0.3, 0.4) is 0 Å². The van der Waals surface area contributed by atoms with Crippen molar-refractivity contribution < 1.29 is 4.68 Å². The fourth-order valence-electron chi connectivity index (χ4n) is 0.462. The van der Waals surface area contributed by atoms with Crippen LogP contribution in [0.25, 0.3) is 0 Å². The third-order valence-electron chi connectivity index (χ3n) is 0.868. The zero-order valence-electron chi connectivity index (χ0n) is 4.70. The minimum atomic E-state index is 1.69. The molecule has 3 nitrogen and oxygen atoms in total. The highest BCUT2D eigenvalue weighted by Crippen LogP contribution is 1.64. The molecule has 0 radical (unpaired) electrons. The van der Waals surface area contributed by atoms with Gasteiger partial charge in [0.2, 0.25) is 0 Å². The van der Waals surface area contributed by atoms with Gasteiger partial charge in [0.05, 0.1) is 0 Å². The summed E-state index contributed by atoms with van der Waals surface area (Å²) in [6, 6.07) is 1.86. The Morgan fingerprint density at radius 2 is 2.50 bits per heavy atom. The van der Waals surface area contributed by atoms with E-state index in [2.05, 4.69) is 10.4 Å². The van der Waals surface area contributed by atoms with Gasteiger partial charge in [0.25, 0.3) is 0 Å². The summed E-state index contributed by atoms with van der Waals surface area (Å²) < 4.78 is 1.76. The van der Waals surface area contributed by atoms with Crippen LogP contribution in [-0.2, 0) is 0 Å². The highest BCUT2D eigenvalue weighted by atomic mass is 15.4. The number of nitrogens with one attached hydrogen (secondary N) is 1. The topological polar surface area (TPSA) is 28.8 Å². The summed E-state index contributed by atoms with van der Waals surface area (Å²) in [4.78, 5) is 3.86. The predicted molar refractivity (Wildman–Crippen MR) is 29.7 cm³/mol. The minimum absolute atomic E-state index is 1.69. The van der Waals surface area contributed by atoms with Crippen LogP contribution < -0.4 is 10.1 Å². The van der Waals surface area contributed by atoms with Crippen LogP contribution in [-0.4, -0.2) is 12.0 Å². The van der Waals surface area contributed by atoms with Crippen molar-refractivity contribution >= 4 is 0 Å². The van der Waals surface area contributed by atoms with Crippen LogP contribution in [0.4, 0.5) is 0 Å². The Morgan fingerprint density at radius 1 is 1.62 bits per heavy atom. The molecule has 8 heavy (non-hydrogen) atoms. The number of rotatable bonds is 1. The summed E-state index contributed by atoms with van der Waals surface area (Å²) in [6.07, 6.45) is 5.31. The molecule has 0 aliphatic carbocycles. The molecule has 1 rings (SSSR count). The number of hydrogen-bond acceptors (Lipinski definition) is 2. The molecule has 0 atom stereocenters. The van der Waals surface area contributed by atoms with E-state index in [1.807, 2.05) is 19.3 Å². The smallest absolute Gasteiger partial charge is 0.259 e. The Balaban J connectivity index is 2.83. The lowest BCUT2D eigenvalue weighted by Crippen LogP contribution is -2.42. The van der Waals surface area contributed by atoms with E-state index in [0.29, 0.717) is 0 Å². The van der Waals surface area contributed by atoms with Crippen LogP contribution in [0.1, 0.15) is 0 Å². The van der Waals surface area contributed by atoms with Gasteiger partial charge < -0.3 is 0 Å². The molecule has 1 aromatic rings. The van der Waals surface area contributed by atoms with E-state index in [9.17, 15) is 0 Å². The van der Waals surface area contributed by atoms with Crippen LogP contribution in [0.15, 0.2) is 24.8 Å². The number of nitrogens with zero attached hydrogens (tertiary/aromatic N) is 2. The molecule has 0 amide bonds. The van der Waals surface area contributed by atoms with Gasteiger partial charge in [-0.05, 0) is 0 Å². The highest BCUT2D eigenvalue weighted by molar-refractivity contribution is 4.69. The summed E-state index contributed by atoms with van der Waals surface area (Å²) in [6.45, 7) is 0. The minimum Gasteiger partial charge on any atom is -0.259 e. The maximum absolute atomic E-state index is 3.86. The Bertz CT molecular complexity index is 149. The lowest BCUT2D eigenvalue weighted by atomic mass is 10.7. The van der Waals surface area contributed by atoms with Gasteiger partial charge >= 0.3 is 6.33 Å². The molecule has 0 fully saturated rings. The van der Waals surface area contributed by atoms with Crippen molar-refractivity contribution in [3.05, 3.63) is 24.8 Å². The van der Waals surface area contributed by atoms with Crippen molar-refractivity contribution in [3.8, 4) is 0 Å². The fraction of sp³-hybridized carbons (Fsp3) is 0.200. The Morgan fingerprint density at radius 3 is 2.88 bits per heavy atom. The molecule has 1 heterocycles. The first-order chi connectivity index (χ1) is 3.93. The van der Waals surface area contributed by atoms with Gasteiger partial charge in [-0.2, -0.15) is 0 Å². The quantitative estimate of drug-likeness (QED) is 0.496. The molecule has 1 N–H and O–H groups in total.